The van der Waals surface area contributed by atoms with E-state index in [1.807, 2.05) is 0 Å². The van der Waals surface area contributed by atoms with Crippen LogP contribution in [-0.4, -0.2) is 16.0 Å². The molecule has 1 rings (SSSR count). The first-order chi connectivity index (χ1) is 5.65. The third-order valence-electron chi connectivity index (χ3n) is 1.50. The van der Waals surface area contributed by atoms with Gasteiger partial charge in [0.15, 0.2) is 0 Å². The first kappa shape index (κ1) is 8.52. The highest BCUT2D eigenvalue weighted by Crippen LogP contribution is 2.18. The summed E-state index contributed by atoms with van der Waals surface area (Å²) in [6.45, 7) is 1.47. The predicted octanol–water partition coefficient (Wildman–Crippen LogP) is 1.73. The smallest absolute Gasteiger partial charge is 0.124 e. The fourth-order valence-corrected chi connectivity index (χ4v) is 0.852. The van der Waals surface area contributed by atoms with Gasteiger partial charge in [0.25, 0.3) is 0 Å². The Morgan fingerprint density at radius 3 is 2.75 bits per heavy atom. The highest BCUT2D eigenvalue weighted by molar-refractivity contribution is 6.00. The Morgan fingerprint density at radius 1 is 1.50 bits per heavy atom. The number of hydrogen-bond donors (Lipinski definition) is 2. The van der Waals surface area contributed by atoms with Gasteiger partial charge in [-0.2, -0.15) is 0 Å². The Bertz CT molecular complexity index is 323. The zero-order chi connectivity index (χ0) is 9.14. The molecule has 0 fully saturated rings. The first-order valence-corrected chi connectivity index (χ1v) is 3.32. The van der Waals surface area contributed by atoms with Crippen molar-refractivity contribution in [2.24, 2.45) is 5.16 Å². The summed E-state index contributed by atoms with van der Waals surface area (Å²) < 4.78 is 12.6. The Balaban J connectivity index is 3.23. The maximum Gasteiger partial charge on any atom is 0.124 e. The second kappa shape index (κ2) is 3.21. The highest BCUT2D eigenvalue weighted by atomic mass is 19.1. The fraction of sp³-hybridized carbons (Fsp3) is 0.125. The summed E-state index contributed by atoms with van der Waals surface area (Å²) in [6.07, 6.45) is 0. The highest BCUT2D eigenvalue weighted by Gasteiger charge is 2.05. The number of benzene rings is 1. The lowest BCUT2D eigenvalue weighted by atomic mass is 10.1. The van der Waals surface area contributed by atoms with Gasteiger partial charge in [0.1, 0.15) is 11.6 Å². The van der Waals surface area contributed by atoms with E-state index in [-0.39, 0.29) is 17.0 Å². The predicted molar refractivity (Wildman–Crippen MR) is 42.1 cm³/mol. The Morgan fingerprint density at radius 2 is 2.17 bits per heavy atom. The van der Waals surface area contributed by atoms with E-state index in [0.29, 0.717) is 0 Å². The molecule has 0 aliphatic heterocycles. The number of phenolic OH excluding ortho intramolecular Hbond substituents is 1. The van der Waals surface area contributed by atoms with E-state index in [0.717, 1.165) is 12.1 Å². The molecule has 0 radical (unpaired) electrons. The van der Waals surface area contributed by atoms with Gasteiger partial charge in [0.05, 0.1) is 5.71 Å². The van der Waals surface area contributed by atoms with Gasteiger partial charge in [-0.25, -0.2) is 4.39 Å². The van der Waals surface area contributed by atoms with Crippen molar-refractivity contribution in [2.45, 2.75) is 6.92 Å². The molecule has 0 saturated heterocycles. The SMILES string of the molecule is CC(=NO)c1cc(F)ccc1O. The van der Waals surface area contributed by atoms with E-state index in [4.69, 9.17) is 5.21 Å². The first-order valence-electron chi connectivity index (χ1n) is 3.32. The summed E-state index contributed by atoms with van der Waals surface area (Å²) in [4.78, 5) is 0. The standard InChI is InChI=1S/C8H8FNO2/c1-5(10-12)7-4-6(9)2-3-8(7)11/h2-4,11-12H,1H3. The molecule has 1 aromatic carbocycles. The van der Waals surface area contributed by atoms with Crippen molar-refractivity contribution in [3.63, 3.8) is 0 Å². The average Bonchev–Trinajstić information content (AvgIpc) is 2.08. The molecule has 0 aliphatic rings. The fourth-order valence-electron chi connectivity index (χ4n) is 0.852. The lowest BCUT2D eigenvalue weighted by Gasteiger charge is -2.01. The number of phenols is 1. The summed E-state index contributed by atoms with van der Waals surface area (Å²) in [6, 6.07) is 3.44. The van der Waals surface area contributed by atoms with Gasteiger partial charge >= 0.3 is 0 Å². The monoisotopic (exact) mass is 169 g/mol. The van der Waals surface area contributed by atoms with E-state index in [2.05, 4.69) is 5.16 Å². The number of halogens is 1. The number of aromatic hydroxyl groups is 1. The molecule has 0 amide bonds. The molecule has 0 aromatic heterocycles. The van der Waals surface area contributed by atoms with Gasteiger partial charge in [-0.05, 0) is 25.1 Å². The molecule has 3 nitrogen and oxygen atoms in total. The molecule has 0 aliphatic carbocycles. The second-order valence-electron chi connectivity index (χ2n) is 2.35. The Kier molecular flexibility index (Phi) is 2.28. The molecule has 0 atom stereocenters. The third kappa shape index (κ3) is 1.53. The van der Waals surface area contributed by atoms with Gasteiger partial charge in [-0.15, -0.1) is 0 Å². The van der Waals surface area contributed by atoms with Crippen LogP contribution >= 0.6 is 0 Å². The molecule has 0 saturated carbocycles. The van der Waals surface area contributed by atoms with E-state index >= 15 is 0 Å². The van der Waals surface area contributed by atoms with E-state index in [9.17, 15) is 9.50 Å². The number of rotatable bonds is 1. The second-order valence-corrected chi connectivity index (χ2v) is 2.35. The number of nitrogens with zero attached hydrogens (tertiary/aromatic N) is 1. The molecule has 12 heavy (non-hydrogen) atoms. The summed E-state index contributed by atoms with van der Waals surface area (Å²) in [7, 11) is 0. The number of oxime groups is 1. The van der Waals surface area contributed by atoms with Crippen LogP contribution in [-0.2, 0) is 0 Å². The van der Waals surface area contributed by atoms with Crippen molar-refractivity contribution < 1.29 is 14.7 Å². The third-order valence-corrected chi connectivity index (χ3v) is 1.50. The Labute approximate surface area is 68.8 Å². The van der Waals surface area contributed by atoms with Gasteiger partial charge in [-0.1, -0.05) is 5.16 Å². The minimum Gasteiger partial charge on any atom is -0.507 e. The van der Waals surface area contributed by atoms with Crippen molar-refractivity contribution in [3.8, 4) is 5.75 Å². The van der Waals surface area contributed by atoms with Crippen LogP contribution in [0.4, 0.5) is 4.39 Å². The van der Waals surface area contributed by atoms with Crippen molar-refractivity contribution in [1.82, 2.24) is 0 Å². The topological polar surface area (TPSA) is 52.8 Å². The van der Waals surface area contributed by atoms with Crippen LogP contribution in [0.25, 0.3) is 0 Å². The molecule has 0 bridgehead atoms. The molecule has 64 valence electrons. The summed E-state index contributed by atoms with van der Waals surface area (Å²) >= 11 is 0. The summed E-state index contributed by atoms with van der Waals surface area (Å²) in [5, 5.41) is 20.4. The van der Waals surface area contributed by atoms with Gasteiger partial charge in [0.2, 0.25) is 0 Å². The van der Waals surface area contributed by atoms with Gasteiger partial charge in [0, 0.05) is 5.56 Å². The van der Waals surface area contributed by atoms with Crippen LogP contribution in [0, 0.1) is 5.82 Å². The van der Waals surface area contributed by atoms with Crippen LogP contribution in [0.2, 0.25) is 0 Å². The Hall–Kier alpha value is -1.58. The molecular formula is C8H8FNO2. The van der Waals surface area contributed by atoms with Crippen LogP contribution in [0.1, 0.15) is 12.5 Å². The number of hydrogen-bond acceptors (Lipinski definition) is 3. The van der Waals surface area contributed by atoms with Gasteiger partial charge in [-0.3, -0.25) is 0 Å². The maximum atomic E-state index is 12.6. The van der Waals surface area contributed by atoms with Crippen molar-refractivity contribution in [3.05, 3.63) is 29.6 Å². The van der Waals surface area contributed by atoms with Crippen molar-refractivity contribution in [1.29, 1.82) is 0 Å². The van der Waals surface area contributed by atoms with Crippen LogP contribution in [0.5, 0.6) is 5.75 Å². The minimum atomic E-state index is -0.481. The minimum absolute atomic E-state index is 0.105. The zero-order valence-electron chi connectivity index (χ0n) is 6.45. The summed E-state index contributed by atoms with van der Waals surface area (Å²) in [5.74, 6) is -0.586. The van der Waals surface area contributed by atoms with E-state index < -0.39 is 5.82 Å². The van der Waals surface area contributed by atoms with Crippen LogP contribution in [0.15, 0.2) is 23.4 Å². The summed E-state index contributed by atoms with van der Waals surface area (Å²) in [5.41, 5.74) is 0.365. The molecule has 4 heteroatoms. The van der Waals surface area contributed by atoms with E-state index in [1.54, 1.807) is 0 Å². The molecule has 0 heterocycles. The largest absolute Gasteiger partial charge is 0.507 e. The maximum absolute atomic E-state index is 12.6. The molecular weight excluding hydrogens is 161 g/mol. The lowest BCUT2D eigenvalue weighted by molar-refractivity contribution is 0.318. The molecule has 1 aromatic rings. The normalized spacial score (nSPS) is 11.7. The molecule has 0 spiro atoms. The quantitative estimate of drug-likeness (QED) is 0.382. The van der Waals surface area contributed by atoms with Crippen LogP contribution in [0.3, 0.4) is 0 Å². The van der Waals surface area contributed by atoms with Crippen molar-refractivity contribution in [2.75, 3.05) is 0 Å². The average molecular weight is 169 g/mol. The molecule has 0 unspecified atom stereocenters. The van der Waals surface area contributed by atoms with Crippen molar-refractivity contribution >= 4 is 5.71 Å². The lowest BCUT2D eigenvalue weighted by Crippen LogP contribution is -1.95. The van der Waals surface area contributed by atoms with Gasteiger partial charge < -0.3 is 10.3 Å². The van der Waals surface area contributed by atoms with Crippen LogP contribution < -0.4 is 0 Å². The zero-order valence-corrected chi connectivity index (χ0v) is 6.45. The van der Waals surface area contributed by atoms with E-state index in [1.165, 1.54) is 13.0 Å². The molecule has 2 N–H and O–H groups in total.